The van der Waals surface area contributed by atoms with E-state index in [-0.39, 0.29) is 12.5 Å². The van der Waals surface area contributed by atoms with Gasteiger partial charge in [-0.3, -0.25) is 14.5 Å². The van der Waals surface area contributed by atoms with Crippen molar-refractivity contribution in [3.8, 4) is 5.75 Å². The fourth-order valence-electron chi connectivity index (χ4n) is 6.75. The lowest BCUT2D eigenvalue weighted by Gasteiger charge is -2.34. The Kier molecular flexibility index (Phi) is 8.75. The van der Waals surface area contributed by atoms with Gasteiger partial charge in [0.1, 0.15) is 0 Å². The Morgan fingerprint density at radius 3 is 2.74 bits per heavy atom. The van der Waals surface area contributed by atoms with Crippen molar-refractivity contribution >= 4 is 52.3 Å². The van der Waals surface area contributed by atoms with E-state index >= 15 is 0 Å². The molecule has 3 aromatic heterocycles. The molecule has 12 nitrogen and oxygen atoms in total. The van der Waals surface area contributed by atoms with Crippen molar-refractivity contribution in [3.63, 3.8) is 0 Å². The van der Waals surface area contributed by atoms with Crippen molar-refractivity contribution in [1.82, 2.24) is 29.4 Å². The van der Waals surface area contributed by atoms with Gasteiger partial charge >= 0.3 is 0 Å². The van der Waals surface area contributed by atoms with Crippen molar-refractivity contribution in [2.45, 2.75) is 52.0 Å². The van der Waals surface area contributed by atoms with Gasteiger partial charge in [-0.15, -0.1) is 0 Å². The zero-order valence-corrected chi connectivity index (χ0v) is 27.0. The molecule has 1 saturated heterocycles. The van der Waals surface area contributed by atoms with E-state index in [0.717, 1.165) is 61.8 Å². The number of nitrogens with zero attached hydrogens (tertiary/aromatic N) is 8. The fraction of sp³-hybridized carbons (Fsp3) is 0.400. The van der Waals surface area contributed by atoms with Crippen LogP contribution >= 0.6 is 0 Å². The topological polar surface area (TPSA) is 112 Å². The molecule has 0 spiro atoms. The first kappa shape index (κ1) is 30.7. The van der Waals surface area contributed by atoms with Crippen LogP contribution < -0.4 is 20.0 Å². The van der Waals surface area contributed by atoms with E-state index in [4.69, 9.17) is 14.7 Å². The van der Waals surface area contributed by atoms with Gasteiger partial charge in [-0.05, 0) is 82.0 Å². The highest BCUT2D eigenvalue weighted by molar-refractivity contribution is 5.97. The van der Waals surface area contributed by atoms with E-state index in [0.29, 0.717) is 48.3 Å². The summed E-state index contributed by atoms with van der Waals surface area (Å²) >= 11 is 0. The molecular formula is C35H41N9O3. The highest BCUT2D eigenvalue weighted by Crippen LogP contribution is 2.36. The van der Waals surface area contributed by atoms with Crippen LogP contribution in [0.25, 0.3) is 10.9 Å². The second-order valence-electron chi connectivity index (χ2n) is 12.4. The number of amides is 2. The number of allylic oxidation sites excluding steroid dienone is 1. The molecule has 7 rings (SSSR count). The number of carbonyl (C=O) groups excluding carboxylic acids is 2. The predicted octanol–water partition coefficient (Wildman–Crippen LogP) is 5.51. The number of hydrogen-bond acceptors (Lipinski definition) is 9. The molecule has 6 heterocycles. The van der Waals surface area contributed by atoms with E-state index in [1.807, 2.05) is 19.1 Å². The molecule has 0 aliphatic carbocycles. The Bertz CT molecular complexity index is 1800. The number of benzene rings is 1. The minimum Gasteiger partial charge on any atom is -0.480 e. The third-order valence-electron chi connectivity index (χ3n) is 9.15. The van der Waals surface area contributed by atoms with E-state index in [1.165, 1.54) is 23.5 Å². The van der Waals surface area contributed by atoms with Crippen LogP contribution in [-0.4, -0.2) is 81.1 Å². The first-order chi connectivity index (χ1) is 23.0. The first-order valence-electron chi connectivity index (χ1n) is 16.6. The molecule has 244 valence electrons. The standard InChI is InChI=1S/C35H41N9O3/c1-3-15-40-18-13-28(14-19-40)42-20-12-26-21-27(8-9-29(26)42)37-35-36-22-25(2)33(39-35)44-31-11-10-30-34(38-31)43(32(46)23-47-30)17-7-5-4-6-16-41(44)24-45/h4,6,8-12,20-22,24,28H,3,5,7,13-19,23H2,1-2H3,(H,36,37,39)/b6-4-. The molecular weight excluding hydrogens is 594 g/mol. The smallest absolute Gasteiger partial charge is 0.266 e. The van der Waals surface area contributed by atoms with Crippen LogP contribution in [0.3, 0.4) is 0 Å². The summed E-state index contributed by atoms with van der Waals surface area (Å²) in [6, 6.07) is 12.6. The summed E-state index contributed by atoms with van der Waals surface area (Å²) in [4.78, 5) is 43.9. The zero-order chi connectivity index (χ0) is 32.3. The number of nitrogens with one attached hydrogen (secondary N) is 1. The molecule has 0 saturated carbocycles. The fourth-order valence-corrected chi connectivity index (χ4v) is 6.75. The Morgan fingerprint density at radius 1 is 1.04 bits per heavy atom. The molecule has 1 fully saturated rings. The average molecular weight is 636 g/mol. The molecule has 4 aromatic rings. The first-order valence-corrected chi connectivity index (χ1v) is 16.6. The van der Waals surface area contributed by atoms with Crippen LogP contribution in [0.5, 0.6) is 5.75 Å². The molecule has 1 aromatic carbocycles. The number of fused-ring (bicyclic) bond motifs is 2. The Balaban J connectivity index is 1.19. The Morgan fingerprint density at radius 2 is 1.91 bits per heavy atom. The predicted molar refractivity (Wildman–Crippen MR) is 182 cm³/mol. The molecule has 2 bridgehead atoms. The second kappa shape index (κ2) is 13.4. The summed E-state index contributed by atoms with van der Waals surface area (Å²) in [5.74, 6) is 2.14. The summed E-state index contributed by atoms with van der Waals surface area (Å²) in [6.45, 7) is 8.43. The van der Waals surface area contributed by atoms with E-state index in [1.54, 1.807) is 28.2 Å². The number of piperidine rings is 1. The minimum absolute atomic E-state index is 0.0248. The van der Waals surface area contributed by atoms with Gasteiger partial charge in [0.05, 0.1) is 6.54 Å². The van der Waals surface area contributed by atoms with Gasteiger partial charge in [0.2, 0.25) is 12.4 Å². The average Bonchev–Trinajstić information content (AvgIpc) is 3.51. The number of aromatic nitrogens is 4. The third kappa shape index (κ3) is 6.25. The summed E-state index contributed by atoms with van der Waals surface area (Å²) < 4.78 is 8.12. The van der Waals surface area contributed by atoms with Gasteiger partial charge in [0, 0.05) is 60.2 Å². The monoisotopic (exact) mass is 635 g/mol. The quantitative estimate of drug-likeness (QED) is 0.208. The van der Waals surface area contributed by atoms with Crippen LogP contribution in [0.1, 0.15) is 50.6 Å². The molecule has 3 aliphatic rings. The van der Waals surface area contributed by atoms with Crippen molar-refractivity contribution in [1.29, 1.82) is 0 Å². The van der Waals surface area contributed by atoms with Crippen LogP contribution in [0.2, 0.25) is 0 Å². The number of anilines is 5. The summed E-state index contributed by atoms with van der Waals surface area (Å²) in [7, 11) is 0. The second-order valence-corrected chi connectivity index (χ2v) is 12.4. The van der Waals surface area contributed by atoms with Gasteiger partial charge in [0.25, 0.3) is 5.91 Å². The zero-order valence-electron chi connectivity index (χ0n) is 27.0. The number of likely N-dealkylation sites (tertiary alicyclic amines) is 1. The maximum atomic E-state index is 12.8. The molecule has 2 amide bonds. The minimum atomic E-state index is -0.142. The number of ether oxygens (including phenoxy) is 1. The van der Waals surface area contributed by atoms with E-state index in [2.05, 4.69) is 57.2 Å². The Hall–Kier alpha value is -4.97. The van der Waals surface area contributed by atoms with Crippen molar-refractivity contribution in [2.24, 2.45) is 0 Å². The van der Waals surface area contributed by atoms with Crippen molar-refractivity contribution < 1.29 is 14.3 Å². The highest BCUT2D eigenvalue weighted by atomic mass is 16.5. The molecule has 0 unspecified atom stereocenters. The summed E-state index contributed by atoms with van der Waals surface area (Å²) in [5.41, 5.74) is 2.84. The van der Waals surface area contributed by atoms with E-state index < -0.39 is 0 Å². The summed E-state index contributed by atoms with van der Waals surface area (Å²) in [6.07, 6.45) is 13.7. The number of carbonyl (C=O) groups is 2. The normalized spacial score (nSPS) is 18.4. The largest absolute Gasteiger partial charge is 0.480 e. The Labute approximate surface area is 274 Å². The van der Waals surface area contributed by atoms with Gasteiger partial charge in [-0.2, -0.15) is 4.98 Å². The van der Waals surface area contributed by atoms with Gasteiger partial charge < -0.3 is 19.5 Å². The lowest BCUT2D eigenvalue weighted by molar-refractivity contribution is -0.121. The SMILES string of the molecule is CCCN1CCC(n2ccc3cc(Nc4ncc(C)c(N5c6ccc7c(n6)N(CCC/C=C\CN5C=O)C(=O)CO7)n4)ccc32)CC1. The number of hydrogen-bond donors (Lipinski definition) is 1. The van der Waals surface area contributed by atoms with Crippen molar-refractivity contribution in [3.05, 3.63) is 66.5 Å². The maximum absolute atomic E-state index is 12.8. The van der Waals surface area contributed by atoms with Crippen molar-refractivity contribution in [2.75, 3.05) is 54.6 Å². The third-order valence-corrected chi connectivity index (χ3v) is 9.15. The lowest BCUT2D eigenvalue weighted by atomic mass is 10.0. The van der Waals surface area contributed by atoms with Crippen LogP contribution in [-0.2, 0) is 9.59 Å². The maximum Gasteiger partial charge on any atom is 0.266 e. The molecule has 3 aliphatic heterocycles. The summed E-state index contributed by atoms with van der Waals surface area (Å²) in [5, 5.41) is 7.73. The van der Waals surface area contributed by atoms with Gasteiger partial charge in [-0.1, -0.05) is 19.1 Å². The van der Waals surface area contributed by atoms with Crippen LogP contribution in [0.4, 0.5) is 29.1 Å². The molecule has 47 heavy (non-hydrogen) atoms. The van der Waals surface area contributed by atoms with Crippen LogP contribution in [0, 0.1) is 6.92 Å². The van der Waals surface area contributed by atoms with Gasteiger partial charge in [-0.25, -0.2) is 20.0 Å². The molecule has 0 atom stereocenters. The highest BCUT2D eigenvalue weighted by Gasteiger charge is 2.30. The van der Waals surface area contributed by atoms with Crippen LogP contribution in [0.15, 0.2) is 60.9 Å². The molecule has 12 heteroatoms. The number of pyridine rings is 1. The molecule has 1 N–H and O–H groups in total. The molecule has 0 radical (unpaired) electrons. The van der Waals surface area contributed by atoms with Gasteiger partial charge in [0.15, 0.2) is 29.8 Å². The number of rotatable bonds is 7. The number of aryl methyl sites for hydroxylation is 1. The lowest BCUT2D eigenvalue weighted by Crippen LogP contribution is -2.42. The number of hydrazine groups is 1. The van der Waals surface area contributed by atoms with E-state index in [9.17, 15) is 9.59 Å².